The van der Waals surface area contributed by atoms with Crippen LogP contribution in [0.15, 0.2) is 21.9 Å². The molecule has 0 radical (unpaired) electrons. The Bertz CT molecular complexity index is 480. The van der Waals surface area contributed by atoms with E-state index in [1.54, 1.807) is 0 Å². The molecule has 0 spiro atoms. The fraction of sp³-hybridized carbons (Fsp3) is 0.556. The molecule has 7 heteroatoms. The molecule has 0 aromatic carbocycles. The standard InChI is InChI=1S/C9H13N3O4/c10-6-3-5(4-13)16-8(6)12-2-1-7(14)11-9(12)15/h1-2,5-6,8,13H,3-4,10H2,(H,11,14,15)/t5-,6+,8+/m0/s1. The van der Waals surface area contributed by atoms with Crippen molar-refractivity contribution in [3.63, 3.8) is 0 Å². The lowest BCUT2D eigenvalue weighted by Gasteiger charge is -2.17. The molecule has 1 aromatic heterocycles. The number of H-pyrrole nitrogens is 1. The lowest BCUT2D eigenvalue weighted by molar-refractivity contribution is -0.0279. The summed E-state index contributed by atoms with van der Waals surface area (Å²) in [6.45, 7) is -0.137. The second-order valence-electron chi connectivity index (χ2n) is 3.75. The predicted molar refractivity (Wildman–Crippen MR) is 54.9 cm³/mol. The van der Waals surface area contributed by atoms with Crippen molar-refractivity contribution in [1.82, 2.24) is 9.55 Å². The van der Waals surface area contributed by atoms with Gasteiger partial charge in [-0.2, -0.15) is 0 Å². The van der Waals surface area contributed by atoms with E-state index in [0.29, 0.717) is 6.42 Å². The average molecular weight is 227 g/mol. The summed E-state index contributed by atoms with van der Waals surface area (Å²) in [7, 11) is 0. The molecule has 0 bridgehead atoms. The van der Waals surface area contributed by atoms with Crippen molar-refractivity contribution < 1.29 is 9.84 Å². The summed E-state index contributed by atoms with van der Waals surface area (Å²) in [5.41, 5.74) is 4.77. The number of aromatic amines is 1. The van der Waals surface area contributed by atoms with E-state index in [1.807, 2.05) is 0 Å². The number of hydrogen-bond acceptors (Lipinski definition) is 5. The van der Waals surface area contributed by atoms with Crippen molar-refractivity contribution in [2.75, 3.05) is 6.61 Å². The molecule has 0 aliphatic carbocycles. The van der Waals surface area contributed by atoms with Gasteiger partial charge in [0.1, 0.15) is 0 Å². The number of nitrogens with one attached hydrogen (secondary N) is 1. The van der Waals surface area contributed by atoms with Crippen LogP contribution < -0.4 is 17.0 Å². The SMILES string of the molecule is N[C@@H]1C[C@@H](CO)O[C@H]1n1ccc(=O)[nH]c1=O. The Labute approximate surface area is 90.5 Å². The highest BCUT2D eigenvalue weighted by atomic mass is 16.5. The highest BCUT2D eigenvalue weighted by molar-refractivity contribution is 4.90. The summed E-state index contributed by atoms with van der Waals surface area (Å²) in [6, 6.07) is 0.852. The number of aliphatic hydroxyl groups excluding tert-OH is 1. The summed E-state index contributed by atoms with van der Waals surface area (Å²) in [4.78, 5) is 24.5. The topological polar surface area (TPSA) is 110 Å². The van der Waals surface area contributed by atoms with Gasteiger partial charge in [0.2, 0.25) is 0 Å². The molecule has 0 unspecified atom stereocenters. The molecule has 0 amide bonds. The zero-order chi connectivity index (χ0) is 11.7. The zero-order valence-electron chi connectivity index (χ0n) is 8.50. The predicted octanol–water partition coefficient (Wildman–Crippen LogP) is -1.86. The van der Waals surface area contributed by atoms with Crippen molar-refractivity contribution in [1.29, 1.82) is 0 Å². The Morgan fingerprint density at radius 3 is 2.94 bits per heavy atom. The van der Waals surface area contributed by atoms with Gasteiger partial charge in [-0.15, -0.1) is 0 Å². The van der Waals surface area contributed by atoms with Gasteiger partial charge < -0.3 is 15.6 Å². The van der Waals surface area contributed by atoms with Crippen LogP contribution in [0.2, 0.25) is 0 Å². The van der Waals surface area contributed by atoms with Gasteiger partial charge in [-0.25, -0.2) is 4.79 Å². The number of ether oxygens (including phenoxy) is 1. The lowest BCUT2D eigenvalue weighted by Crippen LogP contribution is -2.37. The molecule has 4 N–H and O–H groups in total. The number of hydrogen-bond donors (Lipinski definition) is 3. The lowest BCUT2D eigenvalue weighted by atomic mass is 10.2. The van der Waals surface area contributed by atoms with Crippen molar-refractivity contribution in [2.45, 2.75) is 24.8 Å². The van der Waals surface area contributed by atoms with Crippen LogP contribution in [0.25, 0.3) is 0 Å². The summed E-state index contributed by atoms with van der Waals surface area (Å²) in [5.74, 6) is 0. The van der Waals surface area contributed by atoms with E-state index < -0.39 is 17.5 Å². The normalized spacial score (nSPS) is 29.5. The first-order chi connectivity index (χ1) is 7.61. The van der Waals surface area contributed by atoms with Gasteiger partial charge in [0.05, 0.1) is 18.8 Å². The molecule has 1 aromatic rings. The zero-order valence-corrected chi connectivity index (χ0v) is 8.50. The fourth-order valence-corrected chi connectivity index (χ4v) is 1.79. The third kappa shape index (κ3) is 1.92. The van der Waals surface area contributed by atoms with Gasteiger partial charge in [-0.05, 0) is 6.42 Å². The van der Waals surface area contributed by atoms with E-state index in [2.05, 4.69) is 4.98 Å². The minimum atomic E-state index is -0.638. The van der Waals surface area contributed by atoms with Crippen molar-refractivity contribution >= 4 is 0 Å². The highest BCUT2D eigenvalue weighted by Crippen LogP contribution is 2.25. The van der Waals surface area contributed by atoms with Crippen molar-refractivity contribution in [3.8, 4) is 0 Å². The molecule has 7 nitrogen and oxygen atoms in total. The molecule has 88 valence electrons. The molecule has 3 atom stereocenters. The maximum absolute atomic E-state index is 11.5. The van der Waals surface area contributed by atoms with Crippen molar-refractivity contribution in [3.05, 3.63) is 33.1 Å². The van der Waals surface area contributed by atoms with E-state index >= 15 is 0 Å². The number of aliphatic hydroxyl groups is 1. The van der Waals surface area contributed by atoms with Gasteiger partial charge in [0.15, 0.2) is 6.23 Å². The molecular weight excluding hydrogens is 214 g/mol. The third-order valence-corrected chi connectivity index (χ3v) is 2.56. The van der Waals surface area contributed by atoms with Gasteiger partial charge in [0, 0.05) is 12.3 Å². The van der Waals surface area contributed by atoms with Crippen LogP contribution in [0.5, 0.6) is 0 Å². The molecule has 0 saturated carbocycles. The van der Waals surface area contributed by atoms with Crippen LogP contribution in [0.3, 0.4) is 0 Å². The highest BCUT2D eigenvalue weighted by Gasteiger charge is 2.33. The molecule has 2 heterocycles. The van der Waals surface area contributed by atoms with Crippen LogP contribution in [-0.4, -0.2) is 33.4 Å². The van der Waals surface area contributed by atoms with Crippen molar-refractivity contribution in [2.24, 2.45) is 5.73 Å². The molecular formula is C9H13N3O4. The number of rotatable bonds is 2. The quantitative estimate of drug-likeness (QED) is 0.549. The first-order valence-electron chi connectivity index (χ1n) is 4.95. The van der Waals surface area contributed by atoms with E-state index in [4.69, 9.17) is 15.6 Å². The second kappa shape index (κ2) is 4.20. The Balaban J connectivity index is 2.31. The minimum absolute atomic E-state index is 0.137. The monoisotopic (exact) mass is 227 g/mol. The molecule has 1 aliphatic heterocycles. The molecule has 16 heavy (non-hydrogen) atoms. The third-order valence-electron chi connectivity index (χ3n) is 2.56. The Morgan fingerprint density at radius 1 is 1.62 bits per heavy atom. The Kier molecular flexibility index (Phi) is 2.90. The largest absolute Gasteiger partial charge is 0.394 e. The summed E-state index contributed by atoms with van der Waals surface area (Å²) in [6.07, 6.45) is 0.818. The van der Waals surface area contributed by atoms with E-state index in [-0.39, 0.29) is 18.8 Å². The number of aromatic nitrogens is 2. The van der Waals surface area contributed by atoms with Crippen LogP contribution in [0.4, 0.5) is 0 Å². The smallest absolute Gasteiger partial charge is 0.330 e. The Morgan fingerprint density at radius 2 is 2.38 bits per heavy atom. The van der Waals surface area contributed by atoms with Gasteiger partial charge in [0.25, 0.3) is 5.56 Å². The minimum Gasteiger partial charge on any atom is -0.394 e. The van der Waals surface area contributed by atoms with E-state index in [1.165, 1.54) is 16.8 Å². The molecule has 2 rings (SSSR count). The van der Waals surface area contributed by atoms with E-state index in [0.717, 1.165) is 0 Å². The van der Waals surface area contributed by atoms with Crippen LogP contribution in [0.1, 0.15) is 12.6 Å². The second-order valence-corrected chi connectivity index (χ2v) is 3.75. The Hall–Kier alpha value is -1.44. The van der Waals surface area contributed by atoms with Gasteiger partial charge >= 0.3 is 5.69 Å². The first kappa shape index (κ1) is 11.1. The van der Waals surface area contributed by atoms with Crippen LogP contribution >= 0.6 is 0 Å². The molecule has 1 fully saturated rings. The summed E-state index contributed by atoms with van der Waals surface area (Å²) >= 11 is 0. The van der Waals surface area contributed by atoms with Crippen LogP contribution in [0, 0.1) is 0 Å². The van der Waals surface area contributed by atoms with Gasteiger partial charge in [-0.1, -0.05) is 0 Å². The average Bonchev–Trinajstić information content (AvgIpc) is 2.60. The molecule has 1 aliphatic rings. The number of nitrogens with two attached hydrogens (primary N) is 1. The molecule has 1 saturated heterocycles. The fourth-order valence-electron chi connectivity index (χ4n) is 1.79. The van der Waals surface area contributed by atoms with Crippen LogP contribution in [-0.2, 0) is 4.74 Å². The maximum Gasteiger partial charge on any atom is 0.330 e. The van der Waals surface area contributed by atoms with E-state index in [9.17, 15) is 9.59 Å². The maximum atomic E-state index is 11.5. The number of nitrogens with zero attached hydrogens (tertiary/aromatic N) is 1. The summed E-state index contributed by atoms with van der Waals surface area (Å²) < 4.78 is 6.62. The van der Waals surface area contributed by atoms with Gasteiger partial charge in [-0.3, -0.25) is 14.3 Å². The first-order valence-corrected chi connectivity index (χ1v) is 4.95. The summed E-state index contributed by atoms with van der Waals surface area (Å²) in [5, 5.41) is 8.94.